The zero-order valence-corrected chi connectivity index (χ0v) is 12.7. The third-order valence-corrected chi connectivity index (χ3v) is 5.14. The molecule has 0 aliphatic heterocycles. The fourth-order valence-corrected chi connectivity index (χ4v) is 2.86. The molecule has 0 atom stereocenters. The average Bonchev–Trinajstić information content (AvgIpc) is 2.37. The van der Waals surface area contributed by atoms with Crippen molar-refractivity contribution in [1.29, 1.82) is 0 Å². The van der Waals surface area contributed by atoms with Crippen molar-refractivity contribution in [3.8, 4) is 0 Å². The van der Waals surface area contributed by atoms with Crippen molar-refractivity contribution in [1.82, 2.24) is 9.71 Å². The number of thioether (sulfide) groups is 1. The number of pyridine rings is 1. The van der Waals surface area contributed by atoms with E-state index >= 15 is 0 Å². The van der Waals surface area contributed by atoms with E-state index in [-0.39, 0.29) is 9.77 Å². The van der Waals surface area contributed by atoms with E-state index in [1.165, 1.54) is 6.20 Å². The van der Waals surface area contributed by atoms with E-state index in [9.17, 15) is 8.42 Å². The van der Waals surface area contributed by atoms with E-state index in [0.29, 0.717) is 12.2 Å². The zero-order chi connectivity index (χ0) is 13.8. The summed E-state index contributed by atoms with van der Waals surface area (Å²) < 4.78 is 26.7. The van der Waals surface area contributed by atoms with Crippen molar-refractivity contribution in [2.75, 3.05) is 25.2 Å². The summed E-state index contributed by atoms with van der Waals surface area (Å²) in [6.07, 6.45) is 3.42. The number of aromatic nitrogens is 1. The number of nitrogens with one attached hydrogen (secondary N) is 2. The largest absolute Gasteiger partial charge is 0.386 e. The van der Waals surface area contributed by atoms with Crippen molar-refractivity contribution >= 4 is 27.5 Å². The lowest BCUT2D eigenvalue weighted by Crippen LogP contribution is -2.36. The predicted octanol–water partition coefficient (Wildman–Crippen LogP) is 1.54. The van der Waals surface area contributed by atoms with Crippen LogP contribution >= 0.6 is 11.8 Å². The number of rotatable bonds is 6. The molecule has 1 aromatic heterocycles. The minimum Gasteiger partial charge on any atom is -0.386 e. The number of anilines is 1. The molecular weight excluding hydrogens is 270 g/mol. The Kier molecular flexibility index (Phi) is 5.01. The quantitative estimate of drug-likeness (QED) is 0.831. The van der Waals surface area contributed by atoms with Gasteiger partial charge in [-0.3, -0.25) is 0 Å². The minimum absolute atomic E-state index is 0.0319. The fourth-order valence-electron chi connectivity index (χ4n) is 1.20. The topological polar surface area (TPSA) is 71.1 Å². The first-order valence-electron chi connectivity index (χ1n) is 5.50. The second-order valence-corrected chi connectivity index (χ2v) is 7.59. The molecule has 0 saturated carbocycles. The number of hydrogen-bond acceptors (Lipinski definition) is 5. The van der Waals surface area contributed by atoms with Crippen molar-refractivity contribution < 1.29 is 8.42 Å². The molecule has 7 heteroatoms. The lowest BCUT2D eigenvalue weighted by Gasteiger charge is -2.22. The highest BCUT2D eigenvalue weighted by molar-refractivity contribution is 8.00. The normalized spacial score (nSPS) is 12.4. The lowest BCUT2D eigenvalue weighted by atomic mass is 10.2. The molecule has 2 N–H and O–H groups in total. The second-order valence-electron chi connectivity index (χ2n) is 4.39. The van der Waals surface area contributed by atoms with Crippen LogP contribution in [0, 0.1) is 0 Å². The van der Waals surface area contributed by atoms with E-state index in [1.807, 2.05) is 20.1 Å². The van der Waals surface area contributed by atoms with Crippen LogP contribution in [0.5, 0.6) is 0 Å². The van der Waals surface area contributed by atoms with Crippen molar-refractivity contribution in [3.63, 3.8) is 0 Å². The second kappa shape index (κ2) is 5.90. The van der Waals surface area contributed by atoms with Gasteiger partial charge in [0.1, 0.15) is 0 Å². The summed E-state index contributed by atoms with van der Waals surface area (Å²) in [5.41, 5.74) is 0.493. The van der Waals surface area contributed by atoms with Crippen LogP contribution in [0.4, 0.5) is 5.69 Å². The van der Waals surface area contributed by atoms with Crippen LogP contribution in [0.1, 0.15) is 13.8 Å². The van der Waals surface area contributed by atoms with Gasteiger partial charge in [-0.05, 0) is 32.2 Å². The third kappa shape index (κ3) is 3.86. The van der Waals surface area contributed by atoms with Gasteiger partial charge in [-0.25, -0.2) is 18.1 Å². The summed E-state index contributed by atoms with van der Waals surface area (Å²) in [5.74, 6) is 0. The molecule has 0 amide bonds. The van der Waals surface area contributed by atoms with Crippen LogP contribution in [0.25, 0.3) is 0 Å². The van der Waals surface area contributed by atoms with E-state index in [2.05, 4.69) is 15.0 Å². The molecule has 1 aromatic rings. The molecule has 1 rings (SSSR count). The molecule has 0 fully saturated rings. The Balaban J connectivity index is 2.94. The summed E-state index contributed by atoms with van der Waals surface area (Å²) in [4.78, 5) is 3.93. The summed E-state index contributed by atoms with van der Waals surface area (Å²) >= 11 is 1.61. The van der Waals surface area contributed by atoms with Crippen molar-refractivity contribution in [3.05, 3.63) is 18.3 Å². The summed E-state index contributed by atoms with van der Waals surface area (Å²) in [6.45, 7) is 4.32. The highest BCUT2D eigenvalue weighted by Gasteiger charge is 2.24. The van der Waals surface area contributed by atoms with Gasteiger partial charge in [0.25, 0.3) is 10.0 Å². The molecule has 0 aliphatic rings. The predicted molar refractivity (Wildman–Crippen MR) is 76.6 cm³/mol. The maximum absolute atomic E-state index is 12.2. The first kappa shape index (κ1) is 15.3. The zero-order valence-electron chi connectivity index (χ0n) is 11.0. The van der Waals surface area contributed by atoms with Gasteiger partial charge in [0.2, 0.25) is 0 Å². The van der Waals surface area contributed by atoms with Gasteiger partial charge in [0.15, 0.2) is 5.03 Å². The Morgan fingerprint density at radius 1 is 1.44 bits per heavy atom. The van der Waals surface area contributed by atoms with E-state index in [1.54, 1.807) is 30.9 Å². The molecule has 0 aromatic carbocycles. The Bertz CT molecular complexity index is 501. The highest BCUT2D eigenvalue weighted by Crippen LogP contribution is 2.22. The molecule has 0 unspecified atom stereocenters. The molecule has 1 heterocycles. The Morgan fingerprint density at radius 2 is 2.11 bits per heavy atom. The molecule has 5 nitrogen and oxygen atoms in total. The van der Waals surface area contributed by atoms with Crippen LogP contribution in [-0.2, 0) is 10.0 Å². The maximum Gasteiger partial charge on any atom is 0.260 e. The first-order valence-corrected chi connectivity index (χ1v) is 8.21. The van der Waals surface area contributed by atoms with Crippen LogP contribution in [0.3, 0.4) is 0 Å². The van der Waals surface area contributed by atoms with Crippen LogP contribution in [0.15, 0.2) is 23.4 Å². The molecule has 0 bridgehead atoms. The van der Waals surface area contributed by atoms with Gasteiger partial charge in [-0.15, -0.1) is 0 Å². The number of nitrogens with zero attached hydrogens (tertiary/aromatic N) is 1. The van der Waals surface area contributed by atoms with Gasteiger partial charge in [-0.2, -0.15) is 11.8 Å². The van der Waals surface area contributed by atoms with Crippen LogP contribution in [0.2, 0.25) is 0 Å². The minimum atomic E-state index is -3.58. The van der Waals surface area contributed by atoms with Gasteiger partial charge >= 0.3 is 0 Å². The molecule has 0 aliphatic carbocycles. The van der Waals surface area contributed by atoms with E-state index in [4.69, 9.17) is 0 Å². The maximum atomic E-state index is 12.2. The number of sulfonamides is 1. The van der Waals surface area contributed by atoms with Gasteiger partial charge in [0.05, 0.1) is 5.69 Å². The van der Waals surface area contributed by atoms with Gasteiger partial charge in [0, 0.05) is 24.5 Å². The molecule has 102 valence electrons. The summed E-state index contributed by atoms with van der Waals surface area (Å²) in [6, 6.07) is 3.37. The first-order chi connectivity index (χ1) is 8.32. The van der Waals surface area contributed by atoms with Crippen molar-refractivity contribution in [2.45, 2.75) is 23.6 Å². The smallest absolute Gasteiger partial charge is 0.260 e. The standard InChI is InChI=1S/C11H19N3O2S2/c1-11(2,17-4)8-14-18(15,16)10-9(12-3)6-5-7-13-10/h5-7,12,14H,8H2,1-4H3. The summed E-state index contributed by atoms with van der Waals surface area (Å²) in [5, 5.41) is 2.86. The molecular formula is C11H19N3O2S2. The molecule has 0 radical (unpaired) electrons. The lowest BCUT2D eigenvalue weighted by molar-refractivity contribution is 0.567. The summed E-state index contributed by atoms with van der Waals surface area (Å²) in [7, 11) is -1.91. The SMILES string of the molecule is CNc1cccnc1S(=O)(=O)NCC(C)(C)SC. The van der Waals surface area contributed by atoms with Gasteiger partial charge < -0.3 is 5.32 Å². The highest BCUT2D eigenvalue weighted by atomic mass is 32.2. The molecule has 0 saturated heterocycles. The van der Waals surface area contributed by atoms with E-state index < -0.39 is 10.0 Å². The molecule has 0 spiro atoms. The Labute approximate surface area is 113 Å². The Hall–Kier alpha value is -0.790. The number of hydrogen-bond donors (Lipinski definition) is 2. The average molecular weight is 289 g/mol. The van der Waals surface area contributed by atoms with Crippen molar-refractivity contribution in [2.24, 2.45) is 0 Å². The van der Waals surface area contributed by atoms with Crippen LogP contribution in [-0.4, -0.2) is 38.0 Å². The van der Waals surface area contributed by atoms with Crippen LogP contribution < -0.4 is 10.0 Å². The monoisotopic (exact) mass is 289 g/mol. The fraction of sp³-hybridized carbons (Fsp3) is 0.545. The van der Waals surface area contributed by atoms with E-state index in [0.717, 1.165) is 0 Å². The Morgan fingerprint density at radius 3 is 2.67 bits per heavy atom. The van der Waals surface area contributed by atoms with Gasteiger partial charge in [-0.1, -0.05) is 0 Å². The molecule has 18 heavy (non-hydrogen) atoms. The third-order valence-electron chi connectivity index (χ3n) is 2.54.